The van der Waals surface area contributed by atoms with E-state index in [4.69, 9.17) is 4.74 Å². The van der Waals surface area contributed by atoms with Crippen molar-refractivity contribution in [3.63, 3.8) is 0 Å². The predicted molar refractivity (Wildman–Crippen MR) is 111 cm³/mol. The van der Waals surface area contributed by atoms with Gasteiger partial charge in [0.2, 0.25) is 0 Å². The Balaban J connectivity index is 1.92. The molecule has 2 aromatic heterocycles. The first-order valence-corrected chi connectivity index (χ1v) is 9.83. The number of para-hydroxylation sites is 1. The van der Waals surface area contributed by atoms with Crippen LogP contribution < -0.4 is 5.32 Å². The number of aromatic nitrogens is 2. The van der Waals surface area contributed by atoms with Crippen LogP contribution in [0.1, 0.15) is 49.3 Å². The molecule has 8 heteroatoms. The maximum atomic E-state index is 12.9. The van der Waals surface area contributed by atoms with E-state index in [0.29, 0.717) is 26.7 Å². The summed E-state index contributed by atoms with van der Waals surface area (Å²) in [6.45, 7) is 7.39. The Labute approximate surface area is 172 Å². The Kier molecular flexibility index (Phi) is 5.80. The Hall–Kier alpha value is -3.44. The van der Waals surface area contributed by atoms with Gasteiger partial charge >= 0.3 is 5.97 Å². The number of esters is 1. The van der Waals surface area contributed by atoms with E-state index in [-0.39, 0.29) is 12.2 Å². The summed E-state index contributed by atoms with van der Waals surface area (Å²) in [6.07, 6.45) is 1.50. The number of nitrogens with zero attached hydrogens (tertiary/aromatic N) is 3. The van der Waals surface area contributed by atoms with E-state index >= 15 is 0 Å². The van der Waals surface area contributed by atoms with Gasteiger partial charge in [0.05, 0.1) is 35.3 Å². The van der Waals surface area contributed by atoms with Crippen molar-refractivity contribution in [3.8, 4) is 11.8 Å². The van der Waals surface area contributed by atoms with Crippen molar-refractivity contribution in [1.82, 2.24) is 9.78 Å². The molecule has 148 valence electrons. The fourth-order valence-corrected chi connectivity index (χ4v) is 4.02. The molecule has 3 aromatic rings. The lowest BCUT2D eigenvalue weighted by atomic mass is 10.1. The van der Waals surface area contributed by atoms with Crippen LogP contribution in [0.15, 0.2) is 30.5 Å². The topological polar surface area (TPSA) is 97.0 Å². The van der Waals surface area contributed by atoms with E-state index in [0.717, 1.165) is 22.6 Å². The summed E-state index contributed by atoms with van der Waals surface area (Å²) >= 11 is 1.04. The number of anilines is 1. The highest BCUT2D eigenvalue weighted by Gasteiger charge is 2.24. The molecule has 0 fully saturated rings. The zero-order valence-corrected chi connectivity index (χ0v) is 17.4. The third-order valence-electron chi connectivity index (χ3n) is 4.54. The molecular weight excluding hydrogens is 388 g/mol. The molecule has 0 aliphatic rings. The minimum Gasteiger partial charge on any atom is -0.462 e. The summed E-state index contributed by atoms with van der Waals surface area (Å²) in [7, 11) is 0. The highest BCUT2D eigenvalue weighted by Crippen LogP contribution is 2.33. The number of amides is 1. The quantitative estimate of drug-likeness (QED) is 0.640. The number of nitrogens with one attached hydrogen (secondary N) is 1. The van der Waals surface area contributed by atoms with E-state index in [1.807, 2.05) is 38.1 Å². The predicted octanol–water partition coefficient (Wildman–Crippen LogP) is 4.16. The molecule has 0 saturated heterocycles. The molecule has 0 saturated carbocycles. The summed E-state index contributed by atoms with van der Waals surface area (Å²) in [4.78, 5) is 25.3. The summed E-state index contributed by atoms with van der Waals surface area (Å²) < 4.78 is 6.74. The standard InChI is InChI=1S/C21H20N4O3S/c1-5-28-21(27)18-13(3)15(10-22)20(29-18)24-19(26)16-11-23-25(14(16)4)17-9-7-6-8-12(17)2/h6-9,11H,5H2,1-4H3,(H,24,26). The second-order valence-corrected chi connectivity index (χ2v) is 7.41. The van der Waals surface area contributed by atoms with Crippen LogP contribution >= 0.6 is 11.3 Å². The minimum atomic E-state index is -0.504. The highest BCUT2D eigenvalue weighted by atomic mass is 32.1. The van der Waals surface area contributed by atoms with Crippen molar-refractivity contribution < 1.29 is 14.3 Å². The van der Waals surface area contributed by atoms with Crippen LogP contribution in [-0.2, 0) is 4.74 Å². The zero-order valence-electron chi connectivity index (χ0n) is 16.6. The van der Waals surface area contributed by atoms with Gasteiger partial charge in [-0.2, -0.15) is 10.4 Å². The van der Waals surface area contributed by atoms with Crippen LogP contribution in [0.5, 0.6) is 0 Å². The van der Waals surface area contributed by atoms with Crippen LogP contribution in [0, 0.1) is 32.1 Å². The van der Waals surface area contributed by atoms with Crippen molar-refractivity contribution in [1.29, 1.82) is 5.26 Å². The molecule has 1 amide bonds. The average molecular weight is 408 g/mol. The van der Waals surface area contributed by atoms with Crippen molar-refractivity contribution in [2.24, 2.45) is 0 Å². The van der Waals surface area contributed by atoms with Crippen molar-refractivity contribution in [2.75, 3.05) is 11.9 Å². The van der Waals surface area contributed by atoms with E-state index in [2.05, 4.69) is 16.5 Å². The lowest BCUT2D eigenvalue weighted by molar-refractivity contribution is 0.0531. The van der Waals surface area contributed by atoms with Gasteiger partial charge in [-0.3, -0.25) is 4.79 Å². The zero-order chi connectivity index (χ0) is 21.1. The van der Waals surface area contributed by atoms with Crippen LogP contribution in [0.4, 0.5) is 5.00 Å². The van der Waals surface area contributed by atoms with E-state index < -0.39 is 11.9 Å². The van der Waals surface area contributed by atoms with Gasteiger partial charge < -0.3 is 10.1 Å². The molecule has 2 heterocycles. The normalized spacial score (nSPS) is 10.4. The van der Waals surface area contributed by atoms with Crippen LogP contribution in [0.2, 0.25) is 0 Å². The van der Waals surface area contributed by atoms with Gasteiger partial charge in [-0.1, -0.05) is 18.2 Å². The average Bonchev–Trinajstić information content (AvgIpc) is 3.22. The molecule has 0 aliphatic carbocycles. The van der Waals surface area contributed by atoms with Gasteiger partial charge in [0, 0.05) is 0 Å². The molecule has 1 aromatic carbocycles. The van der Waals surface area contributed by atoms with E-state index in [9.17, 15) is 14.9 Å². The summed E-state index contributed by atoms with van der Waals surface area (Å²) in [5, 5.41) is 16.9. The molecule has 0 unspecified atom stereocenters. The van der Waals surface area contributed by atoms with Crippen LogP contribution in [0.25, 0.3) is 5.69 Å². The van der Waals surface area contributed by atoms with Crippen molar-refractivity contribution >= 4 is 28.2 Å². The number of aryl methyl sites for hydroxylation is 1. The minimum absolute atomic E-state index is 0.233. The largest absolute Gasteiger partial charge is 0.462 e. The first-order chi connectivity index (χ1) is 13.9. The molecule has 1 N–H and O–H groups in total. The Bertz CT molecular complexity index is 1140. The van der Waals surface area contributed by atoms with Gasteiger partial charge in [-0.05, 0) is 44.9 Å². The smallest absolute Gasteiger partial charge is 0.348 e. The third-order valence-corrected chi connectivity index (χ3v) is 5.73. The van der Waals surface area contributed by atoms with Gasteiger partial charge in [0.25, 0.3) is 5.91 Å². The molecule has 0 bridgehead atoms. The van der Waals surface area contributed by atoms with Crippen LogP contribution in [0.3, 0.4) is 0 Å². The van der Waals surface area contributed by atoms with Gasteiger partial charge in [-0.25, -0.2) is 9.48 Å². The molecular formula is C21H20N4O3S. The number of hydrogen-bond donors (Lipinski definition) is 1. The molecule has 7 nitrogen and oxygen atoms in total. The lowest BCUT2D eigenvalue weighted by Gasteiger charge is -2.08. The Morgan fingerprint density at radius 3 is 2.66 bits per heavy atom. The molecule has 0 radical (unpaired) electrons. The van der Waals surface area contributed by atoms with Crippen molar-refractivity contribution in [2.45, 2.75) is 27.7 Å². The summed E-state index contributed by atoms with van der Waals surface area (Å²) in [6, 6.07) is 9.81. The van der Waals surface area contributed by atoms with Crippen LogP contribution in [-0.4, -0.2) is 28.3 Å². The van der Waals surface area contributed by atoms with Gasteiger partial charge in [-0.15, -0.1) is 11.3 Å². The van der Waals surface area contributed by atoms with E-state index in [1.165, 1.54) is 6.20 Å². The second-order valence-electron chi connectivity index (χ2n) is 6.39. The van der Waals surface area contributed by atoms with Gasteiger partial charge in [0.15, 0.2) is 0 Å². The maximum absolute atomic E-state index is 12.9. The number of nitriles is 1. The van der Waals surface area contributed by atoms with Gasteiger partial charge in [0.1, 0.15) is 15.9 Å². The van der Waals surface area contributed by atoms with E-state index in [1.54, 1.807) is 18.5 Å². The first-order valence-electron chi connectivity index (χ1n) is 9.01. The molecule has 3 rings (SSSR count). The monoisotopic (exact) mass is 408 g/mol. The highest BCUT2D eigenvalue weighted by molar-refractivity contribution is 7.18. The lowest BCUT2D eigenvalue weighted by Crippen LogP contribution is -2.13. The number of ether oxygens (including phenoxy) is 1. The number of rotatable bonds is 5. The molecule has 0 aliphatic heterocycles. The first kappa shape index (κ1) is 20.3. The number of benzene rings is 1. The fourth-order valence-electron chi connectivity index (χ4n) is 2.97. The summed E-state index contributed by atoms with van der Waals surface area (Å²) in [5.41, 5.74) is 3.74. The number of carbonyl (C=O) groups excluding carboxylic acids is 2. The number of hydrogen-bond acceptors (Lipinski definition) is 6. The second kappa shape index (κ2) is 8.29. The fraction of sp³-hybridized carbons (Fsp3) is 0.238. The summed E-state index contributed by atoms with van der Waals surface area (Å²) in [5.74, 6) is -0.897. The Morgan fingerprint density at radius 1 is 1.28 bits per heavy atom. The third kappa shape index (κ3) is 3.77. The molecule has 0 spiro atoms. The van der Waals surface area contributed by atoms with Crippen molar-refractivity contribution in [3.05, 3.63) is 63.3 Å². The molecule has 0 atom stereocenters. The SMILES string of the molecule is CCOC(=O)c1sc(NC(=O)c2cnn(-c3ccccc3C)c2C)c(C#N)c1C. The Morgan fingerprint density at radius 2 is 2.00 bits per heavy atom. The number of thiophene rings is 1. The maximum Gasteiger partial charge on any atom is 0.348 e. The molecule has 29 heavy (non-hydrogen) atoms. The number of carbonyl (C=O) groups is 2.